The first-order chi connectivity index (χ1) is 3.39. The summed E-state index contributed by atoms with van der Waals surface area (Å²) in [5.74, 6) is 0. The molecule has 1 heterocycles. The van der Waals surface area contributed by atoms with Gasteiger partial charge in [0.15, 0.2) is 0 Å². The predicted octanol–water partition coefficient (Wildman–Crippen LogP) is 0.321. The highest BCUT2D eigenvalue weighted by molar-refractivity contribution is 5.59. The van der Waals surface area contributed by atoms with Crippen molar-refractivity contribution in [1.82, 2.24) is 0 Å². The summed E-state index contributed by atoms with van der Waals surface area (Å²) in [7, 11) is 0. The van der Waals surface area contributed by atoms with Gasteiger partial charge in [0.2, 0.25) is 12.7 Å². The van der Waals surface area contributed by atoms with Crippen LogP contribution in [0.25, 0.3) is 0 Å². The zero-order chi connectivity index (χ0) is 5.11. The highest BCUT2D eigenvalue weighted by Crippen LogP contribution is 1.82. The van der Waals surface area contributed by atoms with E-state index in [0.29, 0.717) is 6.54 Å². The average Bonchev–Trinajstić information content (AvgIpc) is 1.69. The molecule has 1 aliphatic heterocycles. The Morgan fingerprint density at radius 2 is 2.57 bits per heavy atom. The molecule has 0 saturated carbocycles. The quantitative estimate of drug-likeness (QED) is 0.400. The Labute approximate surface area is 40.9 Å². The van der Waals surface area contributed by atoms with Crippen LogP contribution in [0.3, 0.4) is 0 Å². The summed E-state index contributed by atoms with van der Waals surface area (Å²) in [6.45, 7) is 0.385. The molecule has 3 heteroatoms. The Kier molecular flexibility index (Phi) is 0.978. The van der Waals surface area contributed by atoms with Gasteiger partial charge in [-0.05, 0) is 0 Å². The van der Waals surface area contributed by atoms with Gasteiger partial charge in [-0.15, -0.1) is 0 Å². The molecule has 7 heavy (non-hydrogen) atoms. The molecule has 0 aromatic heterocycles. The van der Waals surface area contributed by atoms with Crippen LogP contribution in [0.4, 0.5) is 0 Å². The number of nitroso groups, excluding NO2 is 1. The lowest BCUT2D eigenvalue weighted by molar-refractivity contribution is -0.462. The van der Waals surface area contributed by atoms with Gasteiger partial charge in [-0.2, -0.15) is 0 Å². The van der Waals surface area contributed by atoms with Crippen molar-refractivity contribution in [2.75, 3.05) is 6.54 Å². The summed E-state index contributed by atoms with van der Waals surface area (Å²) < 4.78 is 0.812. The second-order valence-corrected chi connectivity index (χ2v) is 1.23. The molecule has 36 valence electrons. The molecule has 0 amide bonds. The Morgan fingerprint density at radius 3 is 2.86 bits per heavy atom. The second-order valence-electron chi connectivity index (χ2n) is 1.23. The highest BCUT2D eigenvalue weighted by Gasteiger charge is 2.00. The Bertz CT molecular complexity index is 137. The number of aliphatic imine (C=N–C) groups is 1. The second kappa shape index (κ2) is 1.64. The molecule has 0 unspecified atom stereocenters. The smallest absolute Gasteiger partial charge is 0.239 e. The predicted molar refractivity (Wildman–Crippen MR) is 26.1 cm³/mol. The molecule has 0 aromatic carbocycles. The van der Waals surface area contributed by atoms with E-state index < -0.39 is 0 Å². The van der Waals surface area contributed by atoms with Gasteiger partial charge in [0.1, 0.15) is 0 Å². The molecule has 0 saturated heterocycles. The fourth-order valence-corrected chi connectivity index (χ4v) is 0.362. The van der Waals surface area contributed by atoms with Crippen molar-refractivity contribution in [2.45, 2.75) is 0 Å². The van der Waals surface area contributed by atoms with Crippen LogP contribution >= 0.6 is 0 Å². The van der Waals surface area contributed by atoms with Gasteiger partial charge in [-0.3, -0.25) is 4.99 Å². The van der Waals surface area contributed by atoms with E-state index in [9.17, 15) is 4.91 Å². The molecule has 1 aliphatic rings. The monoisotopic (exact) mass is 97.0 g/mol. The molecular formula is C4H5N2O+. The highest BCUT2D eigenvalue weighted by atomic mass is 16.3. The van der Waals surface area contributed by atoms with Gasteiger partial charge in [-0.1, -0.05) is 0 Å². The summed E-state index contributed by atoms with van der Waals surface area (Å²) >= 11 is 0. The van der Waals surface area contributed by atoms with Crippen LogP contribution in [0.2, 0.25) is 0 Å². The zero-order valence-corrected chi connectivity index (χ0v) is 3.74. The fourth-order valence-electron chi connectivity index (χ4n) is 0.362. The topological polar surface area (TPSA) is 32.4 Å². The third-order valence-corrected chi connectivity index (χ3v) is 0.686. The van der Waals surface area contributed by atoms with Crippen LogP contribution in [0.15, 0.2) is 17.4 Å². The molecule has 0 radical (unpaired) electrons. The van der Waals surface area contributed by atoms with E-state index >= 15 is 0 Å². The van der Waals surface area contributed by atoms with Crippen LogP contribution in [0.1, 0.15) is 0 Å². The van der Waals surface area contributed by atoms with Crippen molar-refractivity contribution in [3.8, 4) is 0 Å². The lowest BCUT2D eigenvalue weighted by Gasteiger charge is -1.81. The van der Waals surface area contributed by atoms with Gasteiger partial charge in [0, 0.05) is 9.67 Å². The molecule has 0 aromatic rings. The molecule has 3 nitrogen and oxygen atoms in total. The van der Waals surface area contributed by atoms with Crippen LogP contribution in [0.5, 0.6) is 0 Å². The van der Waals surface area contributed by atoms with E-state index in [1.165, 1.54) is 12.4 Å². The van der Waals surface area contributed by atoms with Crippen molar-refractivity contribution >= 4 is 6.21 Å². The number of rotatable bonds is 0. The molecule has 1 rings (SSSR count). The molecule has 0 N–H and O–H groups in total. The summed E-state index contributed by atoms with van der Waals surface area (Å²) in [5.41, 5.74) is 0. The van der Waals surface area contributed by atoms with Gasteiger partial charge in [-0.25, -0.2) is 0 Å². The van der Waals surface area contributed by atoms with E-state index in [-0.39, 0.29) is 0 Å². The first-order valence-electron chi connectivity index (χ1n) is 2.01. The molecule has 0 bridgehead atoms. The van der Waals surface area contributed by atoms with Crippen molar-refractivity contribution in [1.29, 1.82) is 0 Å². The zero-order valence-electron chi connectivity index (χ0n) is 3.74. The number of hydrogen-bond donors (Lipinski definition) is 0. The number of hydrogen-bond acceptors (Lipinski definition) is 2. The van der Waals surface area contributed by atoms with Gasteiger partial charge in [0.05, 0.1) is 12.4 Å². The maximum absolute atomic E-state index is 10.2. The Morgan fingerprint density at radius 1 is 1.71 bits per heavy atom. The lowest BCUT2D eigenvalue weighted by Crippen LogP contribution is -2.04. The summed E-state index contributed by atoms with van der Waals surface area (Å²) in [6, 6.07) is 0. The minimum atomic E-state index is 0.385. The first-order valence-corrected chi connectivity index (χ1v) is 2.01. The fraction of sp³-hybridized carbons (Fsp3) is 0.250. The molecular weight excluding hydrogens is 92.1 g/mol. The van der Waals surface area contributed by atoms with E-state index in [1.807, 2.05) is 0 Å². The Hall–Kier alpha value is -0.990. The lowest BCUT2D eigenvalue weighted by atomic mass is 10.6. The SMILES string of the molecule is O=[N+]1C=CN=CC1. The molecule has 0 spiro atoms. The maximum atomic E-state index is 10.2. The third kappa shape index (κ3) is 0.924. The molecule has 0 atom stereocenters. The van der Waals surface area contributed by atoms with Crippen LogP contribution in [0, 0.1) is 4.91 Å². The third-order valence-electron chi connectivity index (χ3n) is 0.686. The molecule has 0 aliphatic carbocycles. The van der Waals surface area contributed by atoms with E-state index in [2.05, 4.69) is 4.99 Å². The summed E-state index contributed by atoms with van der Waals surface area (Å²) in [4.78, 5) is 13.9. The number of nitrogens with zero attached hydrogens (tertiary/aromatic N) is 2. The maximum Gasteiger partial charge on any atom is 0.239 e. The Balaban J connectivity index is 2.66. The van der Waals surface area contributed by atoms with Crippen molar-refractivity contribution < 1.29 is 4.76 Å². The van der Waals surface area contributed by atoms with Gasteiger partial charge >= 0.3 is 0 Å². The van der Waals surface area contributed by atoms with Crippen LogP contribution in [-0.2, 0) is 0 Å². The van der Waals surface area contributed by atoms with Gasteiger partial charge < -0.3 is 0 Å². The first kappa shape index (κ1) is 4.18. The minimum Gasteiger partial charge on any atom is -0.256 e. The molecule has 0 fully saturated rings. The summed E-state index contributed by atoms with van der Waals surface area (Å²) in [6.07, 6.45) is 4.42. The van der Waals surface area contributed by atoms with E-state index in [1.54, 1.807) is 6.21 Å². The standard InChI is InChI=1S/C4H5N2O/c7-6-3-1-5-2-4-6/h1-3H,4H2/q+1. The van der Waals surface area contributed by atoms with Crippen molar-refractivity contribution in [3.63, 3.8) is 0 Å². The van der Waals surface area contributed by atoms with Crippen molar-refractivity contribution in [2.24, 2.45) is 4.99 Å². The largest absolute Gasteiger partial charge is 0.256 e. The van der Waals surface area contributed by atoms with Crippen molar-refractivity contribution in [3.05, 3.63) is 17.3 Å². The average molecular weight is 97.1 g/mol. The summed E-state index contributed by atoms with van der Waals surface area (Å²) in [5, 5.41) is 0. The van der Waals surface area contributed by atoms with Gasteiger partial charge in [0.25, 0.3) is 0 Å². The van der Waals surface area contributed by atoms with Crippen LogP contribution in [-0.4, -0.2) is 17.5 Å². The minimum absolute atomic E-state index is 0.385. The van der Waals surface area contributed by atoms with Crippen LogP contribution < -0.4 is 0 Å². The normalized spacial score (nSPS) is 18.0. The van der Waals surface area contributed by atoms with E-state index in [4.69, 9.17) is 0 Å². The van der Waals surface area contributed by atoms with E-state index in [0.717, 1.165) is 4.76 Å².